The molecular weight excluding hydrogens is 331 g/mol. The maximum atomic E-state index is 12.2. The molecule has 2 heterocycles. The highest BCUT2D eigenvalue weighted by molar-refractivity contribution is 5.81. The summed E-state index contributed by atoms with van der Waals surface area (Å²) in [6.45, 7) is 0.323. The number of anilines is 1. The lowest BCUT2D eigenvalue weighted by molar-refractivity contribution is 0.415. The predicted molar refractivity (Wildman–Crippen MR) is 102 cm³/mol. The summed E-state index contributed by atoms with van der Waals surface area (Å²) in [5.74, 6) is 1.44. The van der Waals surface area contributed by atoms with E-state index in [1.54, 1.807) is 7.11 Å². The summed E-state index contributed by atoms with van der Waals surface area (Å²) < 4.78 is 19.4. The first-order valence-corrected chi connectivity index (χ1v) is 8.51. The van der Waals surface area contributed by atoms with E-state index in [4.69, 9.17) is 4.74 Å². The average molecular weight is 350 g/mol. The van der Waals surface area contributed by atoms with Gasteiger partial charge >= 0.3 is 0 Å². The van der Waals surface area contributed by atoms with Crippen LogP contribution in [0.2, 0.25) is 0 Å². The van der Waals surface area contributed by atoms with E-state index in [0.717, 1.165) is 33.7 Å². The molecule has 0 bridgehead atoms. The lowest BCUT2D eigenvalue weighted by Crippen LogP contribution is -2.01. The Bertz CT molecular complexity index is 1040. The van der Waals surface area contributed by atoms with E-state index in [9.17, 15) is 4.39 Å². The molecule has 0 saturated heterocycles. The van der Waals surface area contributed by atoms with Gasteiger partial charge in [-0.2, -0.15) is 0 Å². The fourth-order valence-corrected chi connectivity index (χ4v) is 2.92. The summed E-state index contributed by atoms with van der Waals surface area (Å²) in [6.07, 6.45) is 2.48. The zero-order valence-corrected chi connectivity index (χ0v) is 14.4. The highest BCUT2D eigenvalue weighted by Gasteiger charge is 2.08. The smallest absolute Gasteiger partial charge is 0.235 e. The minimum Gasteiger partial charge on any atom is -0.497 e. The number of aromatic nitrogens is 3. The van der Waals surface area contributed by atoms with Crippen LogP contribution >= 0.6 is 0 Å². The predicted octanol–water partition coefficient (Wildman–Crippen LogP) is 4.33. The van der Waals surface area contributed by atoms with Crippen LogP contribution in [0.25, 0.3) is 28.1 Å². The van der Waals surface area contributed by atoms with Crippen molar-refractivity contribution in [2.75, 3.05) is 25.6 Å². The lowest BCUT2D eigenvalue weighted by atomic mass is 10.1. The molecule has 4 aromatic rings. The van der Waals surface area contributed by atoms with E-state index >= 15 is 0 Å². The maximum absolute atomic E-state index is 12.2. The standard InChI is InChI=1S/C20H19FN4O/c1-26-16-7-8-18-19(13-16)25-12-9-17(23-20(25)24-18)14-3-5-15(6-4-14)22-11-2-10-21/h3-9,12-13,22H,2,10-11H2,1H3. The van der Waals surface area contributed by atoms with Crippen molar-refractivity contribution in [3.05, 3.63) is 54.7 Å². The molecule has 132 valence electrons. The Labute approximate surface area is 150 Å². The molecule has 0 radical (unpaired) electrons. The number of fused-ring (bicyclic) bond motifs is 3. The molecule has 0 atom stereocenters. The highest BCUT2D eigenvalue weighted by atomic mass is 19.1. The number of alkyl halides is 1. The largest absolute Gasteiger partial charge is 0.497 e. The van der Waals surface area contributed by atoms with E-state index in [-0.39, 0.29) is 6.67 Å². The van der Waals surface area contributed by atoms with E-state index in [0.29, 0.717) is 18.7 Å². The number of nitrogens with zero attached hydrogens (tertiary/aromatic N) is 3. The highest BCUT2D eigenvalue weighted by Crippen LogP contribution is 2.24. The van der Waals surface area contributed by atoms with E-state index in [1.807, 2.05) is 59.1 Å². The summed E-state index contributed by atoms with van der Waals surface area (Å²) in [5, 5.41) is 3.19. The van der Waals surface area contributed by atoms with Crippen molar-refractivity contribution in [1.82, 2.24) is 14.4 Å². The van der Waals surface area contributed by atoms with Crippen molar-refractivity contribution < 1.29 is 9.13 Å². The van der Waals surface area contributed by atoms with Crippen molar-refractivity contribution >= 4 is 22.5 Å². The van der Waals surface area contributed by atoms with Crippen molar-refractivity contribution in [3.63, 3.8) is 0 Å². The Kier molecular flexibility index (Phi) is 4.39. The van der Waals surface area contributed by atoms with Crippen LogP contribution in [0.1, 0.15) is 6.42 Å². The first-order valence-electron chi connectivity index (χ1n) is 8.51. The molecule has 0 aliphatic carbocycles. The number of halogens is 1. The number of imidazole rings is 1. The molecule has 0 spiro atoms. The van der Waals surface area contributed by atoms with E-state index in [1.165, 1.54) is 0 Å². The molecule has 0 aliphatic heterocycles. The van der Waals surface area contributed by atoms with Gasteiger partial charge in [0.05, 0.1) is 30.5 Å². The van der Waals surface area contributed by atoms with Crippen molar-refractivity contribution in [2.24, 2.45) is 0 Å². The van der Waals surface area contributed by atoms with Gasteiger partial charge in [-0.1, -0.05) is 12.1 Å². The third-order valence-electron chi connectivity index (χ3n) is 4.30. The van der Waals surface area contributed by atoms with Gasteiger partial charge in [-0.05, 0) is 36.8 Å². The topological polar surface area (TPSA) is 51.5 Å². The van der Waals surface area contributed by atoms with Gasteiger partial charge in [0, 0.05) is 30.1 Å². The second-order valence-corrected chi connectivity index (χ2v) is 6.00. The Morgan fingerprint density at radius 2 is 1.92 bits per heavy atom. The first-order chi connectivity index (χ1) is 12.8. The quantitative estimate of drug-likeness (QED) is 0.526. The van der Waals surface area contributed by atoms with Gasteiger partial charge in [-0.25, -0.2) is 9.97 Å². The molecule has 0 fully saturated rings. The van der Waals surface area contributed by atoms with Crippen LogP contribution in [-0.4, -0.2) is 34.7 Å². The Balaban J connectivity index is 1.65. The number of rotatable bonds is 6. The van der Waals surface area contributed by atoms with Crippen LogP contribution < -0.4 is 10.1 Å². The zero-order chi connectivity index (χ0) is 17.9. The van der Waals surface area contributed by atoms with Crippen molar-refractivity contribution in [2.45, 2.75) is 6.42 Å². The molecule has 6 heteroatoms. The Hall–Kier alpha value is -3.15. The third kappa shape index (κ3) is 3.06. The number of hydrogen-bond acceptors (Lipinski definition) is 4. The summed E-state index contributed by atoms with van der Waals surface area (Å²) in [6, 6.07) is 15.7. The van der Waals surface area contributed by atoms with Gasteiger partial charge in [-0.3, -0.25) is 8.79 Å². The summed E-state index contributed by atoms with van der Waals surface area (Å²) in [5.41, 5.74) is 4.68. The summed E-state index contributed by atoms with van der Waals surface area (Å²) in [4.78, 5) is 9.28. The van der Waals surface area contributed by atoms with Crippen LogP contribution in [0.5, 0.6) is 5.75 Å². The second kappa shape index (κ2) is 7.00. The molecule has 4 rings (SSSR count). The normalized spacial score (nSPS) is 11.2. The van der Waals surface area contributed by atoms with Gasteiger partial charge < -0.3 is 10.1 Å². The summed E-state index contributed by atoms with van der Waals surface area (Å²) >= 11 is 0. The average Bonchev–Trinajstić information content (AvgIpc) is 3.05. The third-order valence-corrected chi connectivity index (χ3v) is 4.30. The molecule has 0 unspecified atom stereocenters. The minimum atomic E-state index is -0.306. The number of benzene rings is 2. The summed E-state index contributed by atoms with van der Waals surface area (Å²) in [7, 11) is 1.65. The molecular formula is C20H19FN4O. The number of ether oxygens (including phenoxy) is 1. The maximum Gasteiger partial charge on any atom is 0.235 e. The van der Waals surface area contributed by atoms with Crippen LogP contribution in [0.15, 0.2) is 54.7 Å². The Morgan fingerprint density at radius 3 is 2.69 bits per heavy atom. The molecule has 2 aromatic heterocycles. The monoisotopic (exact) mass is 350 g/mol. The second-order valence-electron chi connectivity index (χ2n) is 6.00. The van der Waals surface area contributed by atoms with Crippen LogP contribution in [-0.2, 0) is 0 Å². The molecule has 0 aliphatic rings. The van der Waals surface area contributed by atoms with Gasteiger partial charge in [0.2, 0.25) is 5.78 Å². The molecule has 5 nitrogen and oxygen atoms in total. The van der Waals surface area contributed by atoms with Crippen molar-refractivity contribution in [3.8, 4) is 17.0 Å². The van der Waals surface area contributed by atoms with Gasteiger partial charge in [0.15, 0.2) is 0 Å². The lowest BCUT2D eigenvalue weighted by Gasteiger charge is -2.06. The Morgan fingerprint density at radius 1 is 1.08 bits per heavy atom. The fourth-order valence-electron chi connectivity index (χ4n) is 2.92. The molecule has 2 aromatic carbocycles. The number of nitrogens with one attached hydrogen (secondary N) is 1. The van der Waals surface area contributed by atoms with Crippen LogP contribution in [0, 0.1) is 0 Å². The van der Waals surface area contributed by atoms with E-state index < -0.39 is 0 Å². The van der Waals surface area contributed by atoms with E-state index in [2.05, 4.69) is 15.3 Å². The van der Waals surface area contributed by atoms with Gasteiger partial charge in [0.25, 0.3) is 0 Å². The SMILES string of the molecule is COc1ccc2nc3nc(-c4ccc(NCCCF)cc4)ccn3c2c1. The zero-order valence-electron chi connectivity index (χ0n) is 14.4. The first kappa shape index (κ1) is 16.3. The van der Waals surface area contributed by atoms with Gasteiger partial charge in [0.1, 0.15) is 5.75 Å². The molecule has 0 amide bonds. The number of methoxy groups -OCH3 is 1. The molecule has 0 saturated carbocycles. The number of hydrogen-bond donors (Lipinski definition) is 1. The van der Waals surface area contributed by atoms with Gasteiger partial charge in [-0.15, -0.1) is 0 Å². The molecule has 26 heavy (non-hydrogen) atoms. The van der Waals surface area contributed by atoms with Crippen LogP contribution in [0.3, 0.4) is 0 Å². The minimum absolute atomic E-state index is 0.306. The van der Waals surface area contributed by atoms with Crippen LogP contribution in [0.4, 0.5) is 10.1 Å². The fraction of sp³-hybridized carbons (Fsp3) is 0.200. The van der Waals surface area contributed by atoms with Crippen molar-refractivity contribution in [1.29, 1.82) is 0 Å². The molecule has 1 N–H and O–H groups in total.